The van der Waals surface area contributed by atoms with Crippen LogP contribution in [0.2, 0.25) is 5.02 Å². The third-order valence-corrected chi connectivity index (χ3v) is 4.54. The molecule has 0 aromatic heterocycles. The first-order valence-corrected chi connectivity index (χ1v) is 8.21. The fraction of sp³-hybridized carbons (Fsp3) is 0.316. The highest BCUT2D eigenvalue weighted by molar-refractivity contribution is 6.30. The van der Waals surface area contributed by atoms with Crippen molar-refractivity contribution < 1.29 is 15.0 Å². The van der Waals surface area contributed by atoms with Crippen LogP contribution < -0.4 is 5.32 Å². The second kappa shape index (κ2) is 8.29. The van der Waals surface area contributed by atoms with Crippen molar-refractivity contribution in [2.24, 2.45) is 5.92 Å². The molecule has 4 nitrogen and oxygen atoms in total. The van der Waals surface area contributed by atoms with Gasteiger partial charge in [0.2, 0.25) is 0 Å². The Bertz CT molecular complexity index is 660. The van der Waals surface area contributed by atoms with Gasteiger partial charge in [-0.05, 0) is 36.7 Å². The molecule has 2 atom stereocenters. The molecule has 1 aliphatic rings. The van der Waals surface area contributed by atoms with E-state index in [1.807, 2.05) is 25.2 Å². The Labute approximate surface area is 147 Å². The van der Waals surface area contributed by atoms with Crippen molar-refractivity contribution >= 4 is 17.6 Å². The maximum absolute atomic E-state index is 11.2. The lowest BCUT2D eigenvalue weighted by Gasteiger charge is -2.11. The third-order valence-electron chi connectivity index (χ3n) is 4.29. The maximum atomic E-state index is 11.2. The second-order valence-electron chi connectivity index (χ2n) is 5.88. The molecule has 128 valence electrons. The van der Waals surface area contributed by atoms with Gasteiger partial charge in [0.05, 0.1) is 5.41 Å². The average Bonchev–Trinajstić information content (AvgIpc) is 3.33. The van der Waals surface area contributed by atoms with Crippen molar-refractivity contribution in [3.05, 3.63) is 70.7 Å². The van der Waals surface area contributed by atoms with Crippen LogP contribution in [0.25, 0.3) is 0 Å². The van der Waals surface area contributed by atoms with E-state index in [0.717, 1.165) is 12.1 Å². The number of aliphatic hydroxyl groups excluding tert-OH is 1. The minimum atomic E-state index is -0.890. The minimum Gasteiger partial charge on any atom is -0.481 e. The van der Waals surface area contributed by atoms with E-state index in [1.54, 1.807) is 24.3 Å². The summed E-state index contributed by atoms with van der Waals surface area (Å²) in [5.41, 5.74) is 1.16. The number of hydrogen-bond donors (Lipinski definition) is 3. The van der Waals surface area contributed by atoms with Crippen molar-refractivity contribution in [3.8, 4) is 0 Å². The molecule has 0 amide bonds. The number of nitrogens with one attached hydrogen (secondary N) is 1. The lowest BCUT2D eigenvalue weighted by molar-refractivity contribution is -0.140. The predicted molar refractivity (Wildman–Crippen MR) is 95.2 cm³/mol. The Morgan fingerprint density at radius 2 is 1.83 bits per heavy atom. The Kier molecular flexibility index (Phi) is 6.37. The molecule has 0 radical (unpaired) electrons. The summed E-state index contributed by atoms with van der Waals surface area (Å²) >= 11 is 5.74. The largest absolute Gasteiger partial charge is 0.481 e. The second-order valence-corrected chi connectivity index (χ2v) is 6.32. The Morgan fingerprint density at radius 3 is 2.29 bits per heavy atom. The molecule has 2 aromatic rings. The number of hydrogen-bond acceptors (Lipinski definition) is 3. The van der Waals surface area contributed by atoms with Crippen LogP contribution in [-0.2, 0) is 16.8 Å². The summed E-state index contributed by atoms with van der Waals surface area (Å²) in [5, 5.41) is 21.9. The van der Waals surface area contributed by atoms with Crippen LogP contribution in [0.15, 0.2) is 54.6 Å². The monoisotopic (exact) mass is 347 g/mol. The van der Waals surface area contributed by atoms with Gasteiger partial charge in [-0.25, -0.2) is 0 Å². The molecular weight excluding hydrogens is 326 g/mol. The van der Waals surface area contributed by atoms with Crippen molar-refractivity contribution in [2.75, 3.05) is 13.7 Å². The number of halogens is 1. The third kappa shape index (κ3) is 4.15. The van der Waals surface area contributed by atoms with Crippen LogP contribution in [0.4, 0.5) is 0 Å². The summed E-state index contributed by atoms with van der Waals surface area (Å²) < 4.78 is 0. The summed E-state index contributed by atoms with van der Waals surface area (Å²) in [4.78, 5) is 11.2. The zero-order valence-corrected chi connectivity index (χ0v) is 14.3. The maximum Gasteiger partial charge on any atom is 0.314 e. The summed E-state index contributed by atoms with van der Waals surface area (Å²) in [6, 6.07) is 17.1. The SMILES string of the molecule is CNCc1ccccc1.O=C(O)[C@@]1(c2ccc(Cl)cc2)C[C@H]1CO. The van der Waals surface area contributed by atoms with Crippen molar-refractivity contribution in [2.45, 2.75) is 18.4 Å². The molecule has 1 saturated carbocycles. The molecule has 1 fully saturated rings. The molecule has 0 saturated heterocycles. The van der Waals surface area contributed by atoms with E-state index in [2.05, 4.69) is 17.4 Å². The smallest absolute Gasteiger partial charge is 0.314 e. The molecule has 1 aliphatic carbocycles. The normalized spacial score (nSPS) is 21.5. The van der Waals surface area contributed by atoms with Crippen LogP contribution in [0.5, 0.6) is 0 Å². The molecular formula is C19H22ClNO3. The first-order valence-electron chi connectivity index (χ1n) is 7.83. The molecule has 0 spiro atoms. The van der Waals surface area contributed by atoms with E-state index in [1.165, 1.54) is 5.56 Å². The fourth-order valence-corrected chi connectivity index (χ4v) is 2.96. The van der Waals surface area contributed by atoms with Crippen molar-refractivity contribution in [3.63, 3.8) is 0 Å². The summed E-state index contributed by atoms with van der Waals surface area (Å²) in [7, 11) is 1.95. The van der Waals surface area contributed by atoms with Crippen LogP contribution in [-0.4, -0.2) is 29.8 Å². The van der Waals surface area contributed by atoms with Gasteiger partial charge in [0, 0.05) is 24.1 Å². The topological polar surface area (TPSA) is 69.6 Å². The number of rotatable bonds is 5. The minimum absolute atomic E-state index is 0.0884. The fourth-order valence-electron chi connectivity index (χ4n) is 2.84. The molecule has 2 aromatic carbocycles. The Morgan fingerprint density at radius 1 is 1.21 bits per heavy atom. The van der Waals surface area contributed by atoms with E-state index >= 15 is 0 Å². The lowest BCUT2D eigenvalue weighted by atomic mass is 9.93. The number of aliphatic hydroxyl groups is 1. The predicted octanol–water partition coefficient (Wildman–Crippen LogP) is 3.08. The van der Waals surface area contributed by atoms with Crippen molar-refractivity contribution in [1.29, 1.82) is 0 Å². The molecule has 0 bridgehead atoms. The standard InChI is InChI=1S/C11H11ClO3.C8H11N/c12-9-3-1-7(2-4-9)11(10(14)15)5-8(11)6-13;1-9-7-8-5-3-2-4-6-8/h1-4,8,13H,5-6H2,(H,14,15);2-6,9H,7H2,1H3/t8-,11+;/m0./s1. The van der Waals surface area contributed by atoms with Gasteiger partial charge in [-0.15, -0.1) is 0 Å². The van der Waals surface area contributed by atoms with E-state index in [9.17, 15) is 9.90 Å². The lowest BCUT2D eigenvalue weighted by Crippen LogP contribution is -2.23. The van der Waals surface area contributed by atoms with Gasteiger partial charge in [-0.1, -0.05) is 54.1 Å². The summed E-state index contributed by atoms with van der Waals surface area (Å²) in [5.74, 6) is -1.04. The number of carboxylic acids is 1. The quantitative estimate of drug-likeness (QED) is 0.777. The van der Waals surface area contributed by atoms with E-state index in [0.29, 0.717) is 11.4 Å². The number of aliphatic carboxylic acids is 1. The van der Waals surface area contributed by atoms with Crippen molar-refractivity contribution in [1.82, 2.24) is 5.32 Å². The van der Waals surface area contributed by atoms with Crippen LogP contribution in [0.3, 0.4) is 0 Å². The first-order chi connectivity index (χ1) is 11.5. The zero-order valence-electron chi connectivity index (χ0n) is 13.6. The number of benzene rings is 2. The Hall–Kier alpha value is -1.88. The molecule has 5 heteroatoms. The number of carbonyl (C=O) groups is 1. The Balaban J connectivity index is 0.000000198. The molecule has 0 aliphatic heterocycles. The van der Waals surface area contributed by atoms with E-state index in [4.69, 9.17) is 16.7 Å². The van der Waals surface area contributed by atoms with E-state index < -0.39 is 11.4 Å². The summed E-state index contributed by atoms with van der Waals surface area (Å²) in [6.45, 7) is 0.871. The van der Waals surface area contributed by atoms with Gasteiger partial charge in [-0.2, -0.15) is 0 Å². The molecule has 0 heterocycles. The molecule has 0 unspecified atom stereocenters. The van der Waals surface area contributed by atoms with Crippen LogP contribution in [0, 0.1) is 5.92 Å². The summed E-state index contributed by atoms with van der Waals surface area (Å²) in [6.07, 6.45) is 0.500. The zero-order chi connectivity index (χ0) is 17.6. The molecule has 24 heavy (non-hydrogen) atoms. The average molecular weight is 348 g/mol. The van der Waals surface area contributed by atoms with Gasteiger partial charge in [0.25, 0.3) is 0 Å². The van der Waals surface area contributed by atoms with E-state index in [-0.39, 0.29) is 12.5 Å². The molecule has 3 N–H and O–H groups in total. The first kappa shape index (κ1) is 18.5. The number of carboxylic acid groups (broad SMARTS) is 1. The highest BCUT2D eigenvalue weighted by atomic mass is 35.5. The van der Waals surface area contributed by atoms with Gasteiger partial charge >= 0.3 is 5.97 Å². The van der Waals surface area contributed by atoms with Gasteiger partial charge in [0.15, 0.2) is 0 Å². The van der Waals surface area contributed by atoms with Gasteiger partial charge in [-0.3, -0.25) is 4.79 Å². The molecule has 3 rings (SSSR count). The highest BCUT2D eigenvalue weighted by Gasteiger charge is 2.61. The van der Waals surface area contributed by atoms with Gasteiger partial charge in [0.1, 0.15) is 0 Å². The highest BCUT2D eigenvalue weighted by Crippen LogP contribution is 2.54. The van der Waals surface area contributed by atoms with Gasteiger partial charge < -0.3 is 15.5 Å². The van der Waals surface area contributed by atoms with Crippen LogP contribution >= 0.6 is 11.6 Å². The van der Waals surface area contributed by atoms with Crippen LogP contribution in [0.1, 0.15) is 17.5 Å².